The molecule has 0 saturated carbocycles. The fourth-order valence-electron chi connectivity index (χ4n) is 1.84. The summed E-state index contributed by atoms with van der Waals surface area (Å²) in [6.45, 7) is 13.1. The molecular weight excluding hydrogens is 230 g/mol. The van der Waals surface area contributed by atoms with Crippen LogP contribution < -0.4 is 0 Å². The smallest absolute Gasteiger partial charge is 0.0708 e. The number of benzene rings is 1. The highest BCUT2D eigenvalue weighted by molar-refractivity contribution is 5.79. The van der Waals surface area contributed by atoms with Gasteiger partial charge in [-0.3, -0.25) is 4.98 Å². The van der Waals surface area contributed by atoms with Gasteiger partial charge in [-0.25, -0.2) is 0 Å². The van der Waals surface area contributed by atoms with Crippen LogP contribution in [0.5, 0.6) is 0 Å². The molecule has 0 aliphatic heterocycles. The SMILES string of the molecule is CCC.Cc1ccc2ccc(C(C)C(C)C)nc2c1. The van der Waals surface area contributed by atoms with E-state index >= 15 is 0 Å². The van der Waals surface area contributed by atoms with Crippen LogP contribution >= 0.6 is 0 Å². The first kappa shape index (κ1) is 15.7. The minimum Gasteiger partial charge on any atom is -0.253 e. The predicted octanol–water partition coefficient (Wildman–Crippen LogP) is 5.72. The highest BCUT2D eigenvalue weighted by Crippen LogP contribution is 2.24. The van der Waals surface area contributed by atoms with E-state index in [1.165, 1.54) is 23.1 Å². The summed E-state index contributed by atoms with van der Waals surface area (Å²) in [4.78, 5) is 4.76. The third-order valence-electron chi connectivity index (χ3n) is 3.34. The molecule has 0 N–H and O–H groups in total. The van der Waals surface area contributed by atoms with Crippen LogP contribution in [0.3, 0.4) is 0 Å². The molecule has 1 heteroatoms. The van der Waals surface area contributed by atoms with Gasteiger partial charge >= 0.3 is 0 Å². The summed E-state index contributed by atoms with van der Waals surface area (Å²) in [6, 6.07) is 10.8. The van der Waals surface area contributed by atoms with E-state index in [1.807, 2.05) is 0 Å². The highest BCUT2D eigenvalue weighted by atomic mass is 14.7. The standard InChI is InChI=1S/C15H19N.C3H8/c1-10(2)12(4)14-8-7-13-6-5-11(3)9-15(13)16-14;1-3-2/h5-10,12H,1-4H3;3H2,1-2H3. The molecule has 104 valence electrons. The van der Waals surface area contributed by atoms with E-state index in [-0.39, 0.29) is 0 Å². The largest absolute Gasteiger partial charge is 0.253 e. The second kappa shape index (κ2) is 7.28. The van der Waals surface area contributed by atoms with Gasteiger partial charge in [-0.2, -0.15) is 0 Å². The van der Waals surface area contributed by atoms with E-state index in [4.69, 9.17) is 4.98 Å². The van der Waals surface area contributed by atoms with Crippen molar-refractivity contribution < 1.29 is 0 Å². The lowest BCUT2D eigenvalue weighted by atomic mass is 9.94. The fraction of sp³-hybridized carbons (Fsp3) is 0.500. The van der Waals surface area contributed by atoms with Crippen LogP contribution in [-0.2, 0) is 0 Å². The van der Waals surface area contributed by atoms with Gasteiger partial charge in [0.15, 0.2) is 0 Å². The number of rotatable bonds is 2. The quantitative estimate of drug-likeness (QED) is 0.670. The molecule has 0 spiro atoms. The second-order valence-electron chi connectivity index (χ2n) is 5.67. The summed E-state index contributed by atoms with van der Waals surface area (Å²) in [5.74, 6) is 1.15. The molecule has 0 amide bonds. The van der Waals surface area contributed by atoms with E-state index in [0.717, 1.165) is 5.52 Å². The monoisotopic (exact) mass is 257 g/mol. The van der Waals surface area contributed by atoms with Crippen molar-refractivity contribution in [3.8, 4) is 0 Å². The van der Waals surface area contributed by atoms with Crippen molar-refractivity contribution in [1.29, 1.82) is 0 Å². The Balaban J connectivity index is 0.000000550. The maximum atomic E-state index is 4.76. The molecule has 1 atom stereocenters. The first-order chi connectivity index (χ1) is 8.99. The zero-order chi connectivity index (χ0) is 14.4. The zero-order valence-electron chi connectivity index (χ0n) is 13.2. The van der Waals surface area contributed by atoms with Gasteiger partial charge in [0, 0.05) is 17.0 Å². The molecule has 0 aliphatic rings. The number of hydrogen-bond donors (Lipinski definition) is 0. The van der Waals surface area contributed by atoms with Gasteiger partial charge in [0.1, 0.15) is 0 Å². The van der Waals surface area contributed by atoms with Crippen molar-refractivity contribution in [1.82, 2.24) is 4.98 Å². The number of nitrogens with zero attached hydrogens (tertiary/aromatic N) is 1. The summed E-state index contributed by atoms with van der Waals surface area (Å²) in [6.07, 6.45) is 1.25. The maximum absolute atomic E-state index is 4.76. The number of hydrogen-bond acceptors (Lipinski definition) is 1. The number of aromatic nitrogens is 1. The van der Waals surface area contributed by atoms with E-state index < -0.39 is 0 Å². The van der Waals surface area contributed by atoms with Gasteiger partial charge in [0.25, 0.3) is 0 Å². The van der Waals surface area contributed by atoms with Crippen molar-refractivity contribution in [2.45, 2.75) is 53.9 Å². The molecule has 0 fully saturated rings. The van der Waals surface area contributed by atoms with E-state index in [2.05, 4.69) is 71.9 Å². The predicted molar refractivity (Wildman–Crippen MR) is 85.7 cm³/mol. The Morgan fingerprint density at radius 1 is 1.00 bits per heavy atom. The second-order valence-corrected chi connectivity index (χ2v) is 5.67. The van der Waals surface area contributed by atoms with Gasteiger partial charge in [-0.15, -0.1) is 0 Å². The van der Waals surface area contributed by atoms with Crippen molar-refractivity contribution in [2.24, 2.45) is 5.92 Å². The normalized spacial score (nSPS) is 12.2. The number of pyridine rings is 1. The fourth-order valence-corrected chi connectivity index (χ4v) is 1.84. The molecule has 19 heavy (non-hydrogen) atoms. The Kier molecular flexibility index (Phi) is 6.01. The van der Waals surface area contributed by atoms with E-state index in [1.54, 1.807) is 0 Å². The molecule has 2 aromatic rings. The lowest BCUT2D eigenvalue weighted by Gasteiger charge is -2.15. The molecule has 0 aliphatic carbocycles. The Labute approximate surface area is 118 Å². The third kappa shape index (κ3) is 4.34. The van der Waals surface area contributed by atoms with Gasteiger partial charge < -0.3 is 0 Å². The van der Waals surface area contributed by atoms with Crippen molar-refractivity contribution in [3.05, 3.63) is 41.6 Å². The van der Waals surface area contributed by atoms with Crippen molar-refractivity contribution in [3.63, 3.8) is 0 Å². The number of fused-ring (bicyclic) bond motifs is 1. The topological polar surface area (TPSA) is 12.9 Å². The van der Waals surface area contributed by atoms with Crippen LogP contribution in [-0.4, -0.2) is 4.98 Å². The minimum absolute atomic E-state index is 0.518. The Morgan fingerprint density at radius 2 is 1.58 bits per heavy atom. The highest BCUT2D eigenvalue weighted by Gasteiger charge is 2.11. The van der Waals surface area contributed by atoms with Gasteiger partial charge in [-0.1, -0.05) is 59.2 Å². The summed E-state index contributed by atoms with van der Waals surface area (Å²) in [7, 11) is 0. The van der Waals surface area contributed by atoms with Crippen LogP contribution in [0.15, 0.2) is 30.3 Å². The summed E-state index contributed by atoms with van der Waals surface area (Å²) in [5, 5.41) is 1.23. The summed E-state index contributed by atoms with van der Waals surface area (Å²) in [5.41, 5.74) is 3.59. The van der Waals surface area contributed by atoms with Gasteiger partial charge in [0.05, 0.1) is 5.52 Å². The molecular formula is C18H27N. The Bertz CT molecular complexity index is 514. The minimum atomic E-state index is 0.518. The average molecular weight is 257 g/mol. The third-order valence-corrected chi connectivity index (χ3v) is 3.34. The Morgan fingerprint density at radius 3 is 2.16 bits per heavy atom. The van der Waals surface area contributed by atoms with Crippen LogP contribution in [0.25, 0.3) is 10.9 Å². The first-order valence-corrected chi connectivity index (χ1v) is 7.36. The molecule has 1 nitrogen and oxygen atoms in total. The van der Waals surface area contributed by atoms with Crippen LogP contribution in [0.1, 0.15) is 58.2 Å². The molecule has 0 radical (unpaired) electrons. The van der Waals surface area contributed by atoms with Crippen LogP contribution in [0.4, 0.5) is 0 Å². The van der Waals surface area contributed by atoms with Gasteiger partial charge in [-0.05, 0) is 30.5 Å². The summed E-state index contributed by atoms with van der Waals surface area (Å²) < 4.78 is 0. The molecule has 1 aromatic heterocycles. The molecule has 2 rings (SSSR count). The van der Waals surface area contributed by atoms with Crippen molar-refractivity contribution in [2.75, 3.05) is 0 Å². The molecule has 1 heterocycles. The van der Waals surface area contributed by atoms with Crippen molar-refractivity contribution >= 4 is 10.9 Å². The van der Waals surface area contributed by atoms with Gasteiger partial charge in [0.2, 0.25) is 0 Å². The lowest BCUT2D eigenvalue weighted by molar-refractivity contribution is 0.525. The molecule has 0 bridgehead atoms. The molecule has 1 aromatic carbocycles. The van der Waals surface area contributed by atoms with E-state index in [9.17, 15) is 0 Å². The first-order valence-electron chi connectivity index (χ1n) is 7.36. The van der Waals surface area contributed by atoms with E-state index in [0.29, 0.717) is 11.8 Å². The average Bonchev–Trinajstić information content (AvgIpc) is 2.37. The zero-order valence-corrected chi connectivity index (χ0v) is 13.2. The Hall–Kier alpha value is -1.37. The van der Waals surface area contributed by atoms with Crippen LogP contribution in [0, 0.1) is 12.8 Å². The molecule has 0 saturated heterocycles. The van der Waals surface area contributed by atoms with Crippen LogP contribution in [0.2, 0.25) is 0 Å². The number of aryl methyl sites for hydroxylation is 1. The lowest BCUT2D eigenvalue weighted by Crippen LogP contribution is -2.04. The summed E-state index contributed by atoms with van der Waals surface area (Å²) >= 11 is 0. The maximum Gasteiger partial charge on any atom is 0.0708 e. The molecule has 1 unspecified atom stereocenters.